The highest BCUT2D eigenvalue weighted by atomic mass is 16.4. The number of carbonyl (C=O) groups is 1. The van der Waals surface area contributed by atoms with Crippen molar-refractivity contribution in [3.05, 3.63) is 0 Å². The predicted molar refractivity (Wildman–Crippen MR) is 88.5 cm³/mol. The molecule has 2 unspecified atom stereocenters. The van der Waals surface area contributed by atoms with Crippen LogP contribution in [-0.4, -0.2) is 23.7 Å². The molecule has 0 spiro atoms. The van der Waals surface area contributed by atoms with Crippen molar-refractivity contribution in [2.24, 2.45) is 17.8 Å². The zero-order valence-corrected chi connectivity index (χ0v) is 14.2. The molecular formula is C18H35NO2. The van der Waals surface area contributed by atoms with E-state index in [1.807, 2.05) is 0 Å². The molecule has 2 N–H and O–H groups in total. The zero-order chi connectivity index (χ0) is 15.7. The van der Waals surface area contributed by atoms with Gasteiger partial charge in [-0.1, -0.05) is 46.5 Å². The van der Waals surface area contributed by atoms with Crippen LogP contribution in [0.25, 0.3) is 0 Å². The Hall–Kier alpha value is -0.570. The normalized spacial score (nSPS) is 29.5. The molecule has 1 aliphatic rings. The lowest BCUT2D eigenvalue weighted by atomic mass is 9.69. The average molecular weight is 297 g/mol. The van der Waals surface area contributed by atoms with E-state index < -0.39 is 5.97 Å². The summed E-state index contributed by atoms with van der Waals surface area (Å²) < 4.78 is 0. The fourth-order valence-electron chi connectivity index (χ4n) is 4.01. The van der Waals surface area contributed by atoms with E-state index in [1.165, 1.54) is 51.4 Å². The highest BCUT2D eigenvalue weighted by molar-refractivity contribution is 5.66. The summed E-state index contributed by atoms with van der Waals surface area (Å²) in [5.41, 5.74) is 0. The van der Waals surface area contributed by atoms with Crippen molar-refractivity contribution in [3.8, 4) is 0 Å². The Morgan fingerprint density at radius 1 is 1.10 bits per heavy atom. The fraction of sp³-hybridized carbons (Fsp3) is 0.944. The first-order valence-corrected chi connectivity index (χ1v) is 9.03. The second-order valence-electron chi connectivity index (χ2n) is 7.00. The summed E-state index contributed by atoms with van der Waals surface area (Å²) in [6, 6.07) is 0.540. The van der Waals surface area contributed by atoms with E-state index in [4.69, 9.17) is 5.11 Å². The standard InChI is InChI=1S/C18H35NO2/c1-4-6-8-15-12-14(3)13-16(9-7-5-2)18(15)19-11-10-17(20)21/h14-16,18-19H,4-13H2,1-3H3,(H,20,21). The molecule has 2 atom stereocenters. The van der Waals surface area contributed by atoms with Crippen LogP contribution in [0.3, 0.4) is 0 Å². The molecule has 0 radical (unpaired) electrons. The van der Waals surface area contributed by atoms with Gasteiger partial charge in [0.25, 0.3) is 0 Å². The Balaban J connectivity index is 2.63. The van der Waals surface area contributed by atoms with E-state index in [1.54, 1.807) is 0 Å². The maximum atomic E-state index is 10.8. The van der Waals surface area contributed by atoms with Crippen LogP contribution in [0.4, 0.5) is 0 Å². The number of hydrogen-bond donors (Lipinski definition) is 2. The lowest BCUT2D eigenvalue weighted by Crippen LogP contribution is -2.47. The molecule has 0 amide bonds. The molecule has 124 valence electrons. The number of carboxylic acids is 1. The van der Waals surface area contributed by atoms with E-state index in [2.05, 4.69) is 26.1 Å². The van der Waals surface area contributed by atoms with Crippen LogP contribution in [0, 0.1) is 17.8 Å². The van der Waals surface area contributed by atoms with Gasteiger partial charge in [-0.3, -0.25) is 4.79 Å². The molecule has 21 heavy (non-hydrogen) atoms. The van der Waals surface area contributed by atoms with Gasteiger partial charge in [0.05, 0.1) is 6.42 Å². The maximum absolute atomic E-state index is 10.8. The minimum atomic E-state index is -0.693. The smallest absolute Gasteiger partial charge is 0.304 e. The van der Waals surface area contributed by atoms with Gasteiger partial charge in [-0.15, -0.1) is 0 Å². The van der Waals surface area contributed by atoms with Gasteiger partial charge in [0.2, 0.25) is 0 Å². The molecule has 0 aromatic carbocycles. The summed E-state index contributed by atoms with van der Waals surface area (Å²) in [6.45, 7) is 7.53. The third-order valence-electron chi connectivity index (χ3n) is 5.00. The molecule has 3 nitrogen and oxygen atoms in total. The van der Waals surface area contributed by atoms with Gasteiger partial charge in [-0.05, 0) is 43.4 Å². The Morgan fingerprint density at radius 2 is 1.62 bits per heavy atom. The Kier molecular flexibility index (Phi) is 8.98. The average Bonchev–Trinajstić information content (AvgIpc) is 2.44. The summed E-state index contributed by atoms with van der Waals surface area (Å²) in [5.74, 6) is 1.61. The van der Waals surface area contributed by atoms with Crippen molar-refractivity contribution in [1.29, 1.82) is 0 Å². The first-order chi connectivity index (χ1) is 10.1. The van der Waals surface area contributed by atoms with Gasteiger partial charge < -0.3 is 10.4 Å². The monoisotopic (exact) mass is 297 g/mol. The molecule has 3 heteroatoms. The topological polar surface area (TPSA) is 49.3 Å². The molecule has 1 rings (SSSR count). The molecule has 0 aliphatic heterocycles. The van der Waals surface area contributed by atoms with Crippen LogP contribution in [0.2, 0.25) is 0 Å². The van der Waals surface area contributed by atoms with Crippen LogP contribution in [0.15, 0.2) is 0 Å². The molecule has 0 saturated heterocycles. The van der Waals surface area contributed by atoms with Crippen LogP contribution in [0.5, 0.6) is 0 Å². The first kappa shape index (κ1) is 18.5. The van der Waals surface area contributed by atoms with Crippen LogP contribution in [-0.2, 0) is 4.79 Å². The van der Waals surface area contributed by atoms with Crippen molar-refractivity contribution in [3.63, 3.8) is 0 Å². The number of nitrogens with one attached hydrogen (secondary N) is 1. The summed E-state index contributed by atoms with van der Waals surface area (Å²) in [4.78, 5) is 10.8. The van der Waals surface area contributed by atoms with E-state index in [-0.39, 0.29) is 6.42 Å². The lowest BCUT2D eigenvalue weighted by molar-refractivity contribution is -0.136. The Bertz CT molecular complexity index is 275. The summed E-state index contributed by atoms with van der Waals surface area (Å²) in [5, 5.41) is 12.5. The molecular weight excluding hydrogens is 262 g/mol. The maximum Gasteiger partial charge on any atom is 0.304 e. The van der Waals surface area contributed by atoms with Crippen molar-refractivity contribution in [1.82, 2.24) is 5.32 Å². The van der Waals surface area contributed by atoms with Gasteiger partial charge in [0.15, 0.2) is 0 Å². The zero-order valence-electron chi connectivity index (χ0n) is 14.2. The van der Waals surface area contributed by atoms with Gasteiger partial charge in [-0.25, -0.2) is 0 Å². The third-order valence-corrected chi connectivity index (χ3v) is 5.00. The molecule has 1 aliphatic carbocycles. The second kappa shape index (κ2) is 10.2. The fourth-order valence-corrected chi connectivity index (χ4v) is 4.01. The van der Waals surface area contributed by atoms with Crippen LogP contribution >= 0.6 is 0 Å². The quantitative estimate of drug-likeness (QED) is 0.626. The van der Waals surface area contributed by atoms with Gasteiger partial charge in [0, 0.05) is 12.6 Å². The Labute approximate surface area is 130 Å². The predicted octanol–water partition coefficient (Wildman–Crippen LogP) is 4.46. The van der Waals surface area contributed by atoms with Crippen molar-refractivity contribution in [2.75, 3.05) is 6.54 Å². The summed E-state index contributed by atoms with van der Waals surface area (Å²) in [6.07, 6.45) is 10.6. The van der Waals surface area contributed by atoms with Crippen LogP contribution in [0.1, 0.15) is 78.6 Å². The molecule has 0 bridgehead atoms. The van der Waals surface area contributed by atoms with Crippen LogP contribution < -0.4 is 5.32 Å². The lowest BCUT2D eigenvalue weighted by Gasteiger charge is -2.42. The number of unbranched alkanes of at least 4 members (excludes halogenated alkanes) is 2. The third kappa shape index (κ3) is 6.82. The number of hydrogen-bond acceptors (Lipinski definition) is 2. The molecule has 0 aromatic heterocycles. The van der Waals surface area contributed by atoms with Crippen molar-refractivity contribution in [2.45, 2.75) is 84.6 Å². The summed E-state index contributed by atoms with van der Waals surface area (Å²) in [7, 11) is 0. The number of rotatable bonds is 10. The van der Waals surface area contributed by atoms with Crippen molar-refractivity contribution >= 4 is 5.97 Å². The molecule has 1 saturated carbocycles. The van der Waals surface area contributed by atoms with Gasteiger partial charge >= 0.3 is 5.97 Å². The summed E-state index contributed by atoms with van der Waals surface area (Å²) >= 11 is 0. The van der Waals surface area contributed by atoms with Gasteiger partial charge in [0.1, 0.15) is 0 Å². The number of aliphatic carboxylic acids is 1. The minimum Gasteiger partial charge on any atom is -0.481 e. The first-order valence-electron chi connectivity index (χ1n) is 9.03. The SMILES string of the molecule is CCCCC1CC(C)CC(CCCC)C1NCCC(=O)O. The van der Waals surface area contributed by atoms with Crippen molar-refractivity contribution < 1.29 is 9.90 Å². The van der Waals surface area contributed by atoms with E-state index >= 15 is 0 Å². The largest absolute Gasteiger partial charge is 0.481 e. The second-order valence-corrected chi connectivity index (χ2v) is 7.00. The van der Waals surface area contributed by atoms with Gasteiger partial charge in [-0.2, -0.15) is 0 Å². The number of carboxylic acid groups (broad SMARTS) is 1. The Morgan fingerprint density at radius 3 is 2.05 bits per heavy atom. The highest BCUT2D eigenvalue weighted by Gasteiger charge is 2.35. The highest BCUT2D eigenvalue weighted by Crippen LogP contribution is 2.38. The van der Waals surface area contributed by atoms with E-state index in [0.717, 1.165) is 17.8 Å². The molecule has 0 aromatic rings. The molecule has 0 heterocycles. The molecule has 1 fully saturated rings. The minimum absolute atomic E-state index is 0.243. The van der Waals surface area contributed by atoms with E-state index in [9.17, 15) is 4.79 Å². The van der Waals surface area contributed by atoms with E-state index in [0.29, 0.717) is 12.6 Å².